The normalized spacial score (nSPS) is 19.6. The minimum Gasteiger partial charge on any atom is -0.461 e. The molecule has 1 N–H and O–H groups in total. The smallest absolute Gasteiger partial charge is 0.328 e. The Morgan fingerprint density at radius 3 is 2.28 bits per heavy atom. The van der Waals surface area contributed by atoms with E-state index in [-0.39, 0.29) is 30.0 Å². The van der Waals surface area contributed by atoms with Gasteiger partial charge in [0.2, 0.25) is 6.41 Å². The monoisotopic (exact) mass is 451 g/mol. The number of hydrogen-bond acceptors (Lipinski definition) is 5. The van der Waals surface area contributed by atoms with E-state index in [4.69, 9.17) is 9.47 Å². The minimum absolute atomic E-state index is 0.198. The van der Waals surface area contributed by atoms with E-state index in [1.807, 2.05) is 13.8 Å². The first-order chi connectivity index (χ1) is 15.4. The number of hydrogen-bond donors (Lipinski definition) is 1. The van der Waals surface area contributed by atoms with Crippen LogP contribution >= 0.6 is 0 Å². The van der Waals surface area contributed by atoms with Gasteiger partial charge in [-0.3, -0.25) is 9.59 Å². The highest BCUT2D eigenvalue weighted by molar-refractivity contribution is 5.79. The molecule has 6 heteroatoms. The van der Waals surface area contributed by atoms with E-state index < -0.39 is 12.0 Å². The maximum absolute atomic E-state index is 12.7. The summed E-state index contributed by atoms with van der Waals surface area (Å²) in [6.45, 7) is 9.95. The molecule has 1 heterocycles. The molecule has 4 atom stereocenters. The predicted molar refractivity (Wildman–Crippen MR) is 127 cm³/mol. The lowest BCUT2D eigenvalue weighted by atomic mass is 9.88. The van der Waals surface area contributed by atoms with Crippen LogP contribution in [0.5, 0.6) is 0 Å². The molecule has 0 saturated carbocycles. The molecular weight excluding hydrogens is 406 g/mol. The second-order valence-electron chi connectivity index (χ2n) is 9.48. The number of unbranched alkanes of at least 4 members (excludes halogenated alkanes) is 8. The lowest BCUT2D eigenvalue weighted by Gasteiger charge is -2.36. The van der Waals surface area contributed by atoms with Gasteiger partial charge in [-0.15, -0.1) is 6.58 Å². The van der Waals surface area contributed by atoms with Gasteiger partial charge in [0, 0.05) is 6.42 Å². The van der Waals surface area contributed by atoms with Crippen molar-refractivity contribution in [1.29, 1.82) is 0 Å². The second kappa shape index (κ2) is 16.7. The molecule has 1 rings (SSSR count). The Morgan fingerprint density at radius 1 is 1.12 bits per heavy atom. The second-order valence-corrected chi connectivity index (χ2v) is 9.48. The number of carbonyl (C=O) groups excluding carboxylic acids is 3. The number of cyclic esters (lactones) is 1. The van der Waals surface area contributed by atoms with E-state index >= 15 is 0 Å². The third-order valence-electron chi connectivity index (χ3n) is 6.11. The van der Waals surface area contributed by atoms with Crippen LogP contribution in [0.25, 0.3) is 0 Å². The van der Waals surface area contributed by atoms with E-state index in [0.717, 1.165) is 19.3 Å². The summed E-state index contributed by atoms with van der Waals surface area (Å²) in [5.41, 5.74) is 0. The molecule has 0 radical (unpaired) electrons. The molecule has 6 nitrogen and oxygen atoms in total. The zero-order valence-electron chi connectivity index (χ0n) is 20.5. The zero-order valence-corrected chi connectivity index (χ0v) is 20.5. The number of carbonyl (C=O) groups is 3. The number of esters is 2. The van der Waals surface area contributed by atoms with E-state index in [2.05, 4.69) is 18.8 Å². The van der Waals surface area contributed by atoms with Crippen molar-refractivity contribution < 1.29 is 23.9 Å². The van der Waals surface area contributed by atoms with E-state index in [1.54, 1.807) is 6.08 Å². The fraction of sp³-hybridized carbons (Fsp3) is 0.808. The summed E-state index contributed by atoms with van der Waals surface area (Å²) in [6, 6.07) is -0.647. The van der Waals surface area contributed by atoms with Crippen LogP contribution in [0, 0.1) is 11.8 Å². The van der Waals surface area contributed by atoms with Gasteiger partial charge >= 0.3 is 11.9 Å². The van der Waals surface area contributed by atoms with Crippen LogP contribution in [-0.4, -0.2) is 36.6 Å². The summed E-state index contributed by atoms with van der Waals surface area (Å²) < 4.78 is 11.2. The van der Waals surface area contributed by atoms with Gasteiger partial charge in [-0.25, -0.2) is 4.79 Å². The van der Waals surface area contributed by atoms with Crippen LogP contribution in [0.15, 0.2) is 12.7 Å². The highest BCUT2D eigenvalue weighted by atomic mass is 16.6. The largest absolute Gasteiger partial charge is 0.461 e. The van der Waals surface area contributed by atoms with Crippen LogP contribution in [0.3, 0.4) is 0 Å². The molecule has 0 aromatic rings. The van der Waals surface area contributed by atoms with Crippen LogP contribution in [0.4, 0.5) is 0 Å². The lowest BCUT2D eigenvalue weighted by Crippen LogP contribution is -2.47. The molecular formula is C26H45NO5. The third kappa shape index (κ3) is 11.1. The van der Waals surface area contributed by atoms with Crippen molar-refractivity contribution in [3.05, 3.63) is 12.7 Å². The van der Waals surface area contributed by atoms with Gasteiger partial charge in [0.25, 0.3) is 0 Å². The number of nitrogens with one attached hydrogen (secondary N) is 1. The zero-order chi connectivity index (χ0) is 23.8. The van der Waals surface area contributed by atoms with Crippen LogP contribution in [0.1, 0.15) is 104 Å². The van der Waals surface area contributed by atoms with Crippen molar-refractivity contribution >= 4 is 18.3 Å². The quantitative estimate of drug-likeness (QED) is 0.115. The molecule has 1 unspecified atom stereocenters. The summed E-state index contributed by atoms with van der Waals surface area (Å²) in [5, 5.41) is 2.59. The number of allylic oxidation sites excluding steroid dienone is 1. The average Bonchev–Trinajstić information content (AvgIpc) is 2.75. The minimum atomic E-state index is -0.647. The molecule has 1 aliphatic heterocycles. The molecule has 0 aromatic carbocycles. The number of amides is 1. The van der Waals surface area contributed by atoms with Crippen LogP contribution in [-0.2, 0) is 23.9 Å². The van der Waals surface area contributed by atoms with Crippen molar-refractivity contribution in [3.63, 3.8) is 0 Å². The Balaban J connectivity index is 2.54. The molecule has 1 fully saturated rings. The van der Waals surface area contributed by atoms with Gasteiger partial charge in [-0.05, 0) is 31.6 Å². The molecule has 32 heavy (non-hydrogen) atoms. The Bertz CT molecular complexity index is 562. The van der Waals surface area contributed by atoms with Crippen molar-refractivity contribution in [2.45, 2.75) is 122 Å². The van der Waals surface area contributed by atoms with Crippen molar-refractivity contribution in [3.8, 4) is 0 Å². The van der Waals surface area contributed by atoms with Crippen LogP contribution < -0.4 is 5.32 Å². The first kappa shape index (κ1) is 28.2. The Kier molecular flexibility index (Phi) is 14.7. The molecule has 0 bridgehead atoms. The number of ether oxygens (including phenoxy) is 2. The summed E-state index contributed by atoms with van der Waals surface area (Å²) in [6.07, 6.45) is 15.1. The van der Waals surface area contributed by atoms with E-state index in [1.165, 1.54) is 44.9 Å². The summed E-state index contributed by atoms with van der Waals surface area (Å²) in [7, 11) is 0. The van der Waals surface area contributed by atoms with Gasteiger partial charge in [0.1, 0.15) is 18.2 Å². The summed E-state index contributed by atoms with van der Waals surface area (Å²) in [4.78, 5) is 35.4. The average molecular weight is 452 g/mol. The summed E-state index contributed by atoms with van der Waals surface area (Å²) in [5.74, 6) is -0.558. The standard InChI is InChI=1S/C26H45NO5/c1-5-7-8-9-10-11-12-13-14-16-21(18-24-22(15-6-2)25(29)32-24)31-26(30)23(27-19-28)17-20(3)4/h6,19-24H,2,5,7-18H2,1,3-4H3,(H,27,28)/t21?,22-,23+,24-/m1/s1. The van der Waals surface area contributed by atoms with Gasteiger partial charge in [-0.1, -0.05) is 78.2 Å². The lowest BCUT2D eigenvalue weighted by molar-refractivity contribution is -0.189. The number of rotatable bonds is 20. The highest BCUT2D eigenvalue weighted by Crippen LogP contribution is 2.31. The first-order valence-corrected chi connectivity index (χ1v) is 12.6. The molecule has 0 spiro atoms. The van der Waals surface area contributed by atoms with Crippen molar-refractivity contribution in [2.75, 3.05) is 0 Å². The molecule has 0 aromatic heterocycles. The Hall–Kier alpha value is -1.85. The molecule has 1 saturated heterocycles. The van der Waals surface area contributed by atoms with Crippen molar-refractivity contribution in [2.24, 2.45) is 11.8 Å². The SMILES string of the molecule is C=CC[C@H]1C(=O)O[C@@H]1CC(CCCCCCCCCCC)OC(=O)[C@H](CC(C)C)NC=O. The third-order valence-corrected chi connectivity index (χ3v) is 6.11. The van der Waals surface area contributed by atoms with Crippen molar-refractivity contribution in [1.82, 2.24) is 5.32 Å². The van der Waals surface area contributed by atoms with E-state index in [0.29, 0.717) is 25.7 Å². The Labute approximate surface area is 194 Å². The molecule has 1 aliphatic rings. The predicted octanol–water partition coefficient (Wildman–Crippen LogP) is 5.49. The van der Waals surface area contributed by atoms with Gasteiger partial charge in [0.05, 0.1) is 5.92 Å². The van der Waals surface area contributed by atoms with Gasteiger partial charge in [0.15, 0.2) is 0 Å². The topological polar surface area (TPSA) is 81.7 Å². The van der Waals surface area contributed by atoms with Crippen LogP contribution in [0.2, 0.25) is 0 Å². The molecule has 0 aliphatic carbocycles. The summed E-state index contributed by atoms with van der Waals surface area (Å²) >= 11 is 0. The maximum Gasteiger partial charge on any atom is 0.328 e. The fourth-order valence-corrected chi connectivity index (χ4v) is 4.24. The van der Waals surface area contributed by atoms with Gasteiger partial charge in [-0.2, -0.15) is 0 Å². The molecule has 1 amide bonds. The Morgan fingerprint density at radius 2 is 1.75 bits per heavy atom. The van der Waals surface area contributed by atoms with E-state index in [9.17, 15) is 14.4 Å². The van der Waals surface area contributed by atoms with Gasteiger partial charge < -0.3 is 14.8 Å². The molecule has 184 valence electrons. The maximum atomic E-state index is 12.7. The first-order valence-electron chi connectivity index (χ1n) is 12.6. The highest BCUT2D eigenvalue weighted by Gasteiger charge is 2.43. The fourth-order valence-electron chi connectivity index (χ4n) is 4.24.